The van der Waals surface area contributed by atoms with Gasteiger partial charge in [-0.1, -0.05) is 29.5 Å². The van der Waals surface area contributed by atoms with Gasteiger partial charge in [0.1, 0.15) is 17.6 Å². The fourth-order valence-corrected chi connectivity index (χ4v) is 5.77. The van der Waals surface area contributed by atoms with Gasteiger partial charge in [0, 0.05) is 22.6 Å². The smallest absolute Gasteiger partial charge is 0.301 e. The van der Waals surface area contributed by atoms with Crippen molar-refractivity contribution in [1.29, 1.82) is 0 Å². The molecule has 0 spiro atoms. The summed E-state index contributed by atoms with van der Waals surface area (Å²) in [5.41, 5.74) is 0.650. The highest BCUT2D eigenvalue weighted by molar-refractivity contribution is 7.22. The topological polar surface area (TPSA) is 123 Å². The number of hydrogen-bond donors (Lipinski definition) is 1. The van der Waals surface area contributed by atoms with Crippen LogP contribution in [-0.4, -0.2) is 33.3 Å². The van der Waals surface area contributed by atoms with Crippen molar-refractivity contribution in [2.75, 3.05) is 11.5 Å². The lowest BCUT2D eigenvalue weighted by Crippen LogP contribution is -2.28. The Bertz CT molecular complexity index is 1510. The molecule has 1 amide bonds. The summed E-state index contributed by atoms with van der Waals surface area (Å²) in [5.74, 6) is -1.47. The monoisotopic (exact) mass is 507 g/mol. The number of nitro groups is 1. The van der Waals surface area contributed by atoms with Gasteiger partial charge in [0.2, 0.25) is 0 Å². The Balaban J connectivity index is 1.67. The molecule has 35 heavy (non-hydrogen) atoms. The van der Waals surface area contributed by atoms with Gasteiger partial charge in [0.05, 0.1) is 27.3 Å². The molecule has 176 valence electrons. The number of fused-ring (bicyclic) bond motifs is 1. The molecular formula is C24H17N3O6S2. The number of hydrogen-bond acceptors (Lipinski definition) is 9. The summed E-state index contributed by atoms with van der Waals surface area (Å²) in [6.45, 7) is 2.26. The number of rotatable bonds is 6. The Hall–Kier alpha value is -4.09. The van der Waals surface area contributed by atoms with E-state index in [1.54, 1.807) is 36.4 Å². The first-order valence-corrected chi connectivity index (χ1v) is 12.2. The summed E-state index contributed by atoms with van der Waals surface area (Å²) in [6, 6.07) is 13.5. The number of benzene rings is 2. The Labute approximate surface area is 206 Å². The Morgan fingerprint density at radius 1 is 1.20 bits per heavy atom. The first kappa shape index (κ1) is 22.7. The van der Waals surface area contributed by atoms with Gasteiger partial charge in [0.25, 0.3) is 11.5 Å². The molecule has 0 aliphatic carbocycles. The van der Waals surface area contributed by atoms with Gasteiger partial charge in [-0.15, -0.1) is 11.3 Å². The van der Waals surface area contributed by atoms with Crippen molar-refractivity contribution in [2.24, 2.45) is 0 Å². The highest BCUT2D eigenvalue weighted by Gasteiger charge is 2.48. The molecule has 1 saturated heterocycles. The molecule has 4 aromatic rings. The van der Waals surface area contributed by atoms with Crippen molar-refractivity contribution in [2.45, 2.75) is 13.0 Å². The maximum atomic E-state index is 13.2. The molecular weight excluding hydrogens is 490 g/mol. The lowest BCUT2D eigenvalue weighted by Gasteiger charge is -2.21. The molecule has 2 aromatic heterocycles. The van der Waals surface area contributed by atoms with Crippen molar-refractivity contribution < 1.29 is 24.4 Å². The summed E-state index contributed by atoms with van der Waals surface area (Å²) < 4.78 is 6.01. The molecule has 2 aromatic carbocycles. The van der Waals surface area contributed by atoms with Crippen LogP contribution in [-0.2, 0) is 9.59 Å². The molecule has 5 rings (SSSR count). The number of nitrogens with zero attached hydrogens (tertiary/aromatic N) is 3. The van der Waals surface area contributed by atoms with Crippen LogP contribution in [0.3, 0.4) is 0 Å². The average Bonchev–Trinajstić information content (AvgIpc) is 3.57. The van der Waals surface area contributed by atoms with E-state index in [-0.39, 0.29) is 22.2 Å². The van der Waals surface area contributed by atoms with Crippen LogP contribution in [0.1, 0.15) is 23.4 Å². The first-order valence-electron chi connectivity index (χ1n) is 10.5. The number of carbonyl (C=O) groups excluding carboxylic acids is 2. The lowest BCUT2D eigenvalue weighted by molar-refractivity contribution is -0.384. The number of aromatic nitrogens is 1. The van der Waals surface area contributed by atoms with Crippen LogP contribution in [0.2, 0.25) is 0 Å². The van der Waals surface area contributed by atoms with Crippen molar-refractivity contribution in [1.82, 2.24) is 4.98 Å². The maximum Gasteiger partial charge on any atom is 0.301 e. The zero-order valence-corrected chi connectivity index (χ0v) is 19.8. The second-order valence-corrected chi connectivity index (χ2v) is 9.54. The number of amides is 1. The minimum atomic E-state index is -0.902. The van der Waals surface area contributed by atoms with Gasteiger partial charge in [0.15, 0.2) is 5.13 Å². The van der Waals surface area contributed by atoms with Crippen LogP contribution in [0, 0.1) is 10.1 Å². The van der Waals surface area contributed by atoms with Crippen LogP contribution in [0.4, 0.5) is 10.8 Å². The van der Waals surface area contributed by atoms with Crippen molar-refractivity contribution in [3.05, 3.63) is 86.1 Å². The van der Waals surface area contributed by atoms with Gasteiger partial charge < -0.3 is 9.84 Å². The van der Waals surface area contributed by atoms with Crippen molar-refractivity contribution >= 4 is 61.2 Å². The Morgan fingerprint density at radius 3 is 2.74 bits per heavy atom. The fourth-order valence-electron chi connectivity index (χ4n) is 3.92. The number of thiophene rings is 1. The number of thiazole rings is 1. The molecule has 1 unspecified atom stereocenters. The number of carbonyl (C=O) groups is 2. The number of anilines is 1. The normalized spacial score (nSPS) is 17.3. The van der Waals surface area contributed by atoms with Crippen LogP contribution in [0.25, 0.3) is 16.0 Å². The Morgan fingerprint density at radius 2 is 2.03 bits per heavy atom. The van der Waals surface area contributed by atoms with E-state index in [2.05, 4.69) is 4.98 Å². The van der Waals surface area contributed by atoms with Crippen LogP contribution in [0.15, 0.2) is 65.6 Å². The molecule has 0 saturated carbocycles. The van der Waals surface area contributed by atoms with E-state index in [0.717, 1.165) is 11.3 Å². The number of nitro benzene ring substituents is 1. The summed E-state index contributed by atoms with van der Waals surface area (Å²) >= 11 is 2.40. The van der Waals surface area contributed by atoms with Gasteiger partial charge in [-0.2, -0.15) is 0 Å². The van der Waals surface area contributed by atoms with E-state index >= 15 is 0 Å². The van der Waals surface area contributed by atoms with Crippen LogP contribution in [0.5, 0.6) is 5.75 Å². The summed E-state index contributed by atoms with van der Waals surface area (Å²) in [5, 5.41) is 24.4. The summed E-state index contributed by atoms with van der Waals surface area (Å²) in [6.07, 6.45) is 0. The van der Waals surface area contributed by atoms with Crippen molar-refractivity contribution in [3.63, 3.8) is 0 Å². The highest BCUT2D eigenvalue weighted by atomic mass is 32.1. The first-order chi connectivity index (χ1) is 16.9. The number of ether oxygens (including phenoxy) is 1. The zero-order valence-electron chi connectivity index (χ0n) is 18.2. The number of aliphatic hydroxyl groups is 1. The predicted octanol–water partition coefficient (Wildman–Crippen LogP) is 5.29. The SMILES string of the molecule is CCOc1cccc(/C(O)=C2\C(=O)C(=O)N(c3nc4ccc([N+](=O)[O-])cc4s3)C2c2cccs2)c1. The third-order valence-electron chi connectivity index (χ3n) is 5.45. The number of ketones is 1. The predicted molar refractivity (Wildman–Crippen MR) is 133 cm³/mol. The van der Waals surface area contributed by atoms with Gasteiger partial charge in [-0.25, -0.2) is 4.98 Å². The third-order valence-corrected chi connectivity index (χ3v) is 7.40. The number of Topliss-reactive ketones (excluding diaryl/α,β-unsaturated/α-hetero) is 1. The molecule has 9 nitrogen and oxygen atoms in total. The van der Waals surface area contributed by atoms with E-state index < -0.39 is 22.7 Å². The molecule has 1 fully saturated rings. The zero-order chi connectivity index (χ0) is 24.7. The lowest BCUT2D eigenvalue weighted by atomic mass is 10.00. The molecule has 0 radical (unpaired) electrons. The van der Waals surface area contributed by atoms with Crippen LogP contribution < -0.4 is 9.64 Å². The number of non-ortho nitro benzene ring substituents is 1. The van der Waals surface area contributed by atoms with Crippen LogP contribution >= 0.6 is 22.7 Å². The third kappa shape index (κ3) is 3.94. The van der Waals surface area contributed by atoms with Gasteiger partial charge in [-0.05, 0) is 36.6 Å². The average molecular weight is 508 g/mol. The van der Waals surface area contributed by atoms with Crippen molar-refractivity contribution in [3.8, 4) is 5.75 Å². The second kappa shape index (κ2) is 8.93. The van der Waals surface area contributed by atoms with E-state index in [1.807, 2.05) is 12.3 Å². The molecule has 0 bridgehead atoms. The highest BCUT2D eigenvalue weighted by Crippen LogP contribution is 2.45. The van der Waals surface area contributed by atoms with E-state index in [4.69, 9.17) is 4.74 Å². The standard InChI is InChI=1S/C24H17N3O6S2/c1-2-33-15-6-3-5-13(11-15)21(28)19-20(17-7-4-10-34-17)26(23(30)22(19)29)24-25-16-9-8-14(27(31)32)12-18(16)35-24/h3-12,20,28H,2H2,1H3/b21-19+. The maximum absolute atomic E-state index is 13.2. The molecule has 1 aliphatic heterocycles. The van der Waals surface area contributed by atoms with Gasteiger partial charge in [-0.3, -0.25) is 24.6 Å². The Kier molecular flexibility index (Phi) is 5.79. The van der Waals surface area contributed by atoms with E-state index in [9.17, 15) is 24.8 Å². The van der Waals surface area contributed by atoms with E-state index in [0.29, 0.717) is 33.0 Å². The number of aliphatic hydroxyl groups excluding tert-OH is 1. The van der Waals surface area contributed by atoms with E-state index in [1.165, 1.54) is 34.4 Å². The summed E-state index contributed by atoms with van der Waals surface area (Å²) in [4.78, 5) is 43.5. The van der Waals surface area contributed by atoms with Gasteiger partial charge >= 0.3 is 5.91 Å². The molecule has 11 heteroatoms. The minimum absolute atomic E-state index is 0.0589. The second-order valence-electron chi connectivity index (χ2n) is 7.55. The molecule has 1 aliphatic rings. The fraction of sp³-hybridized carbons (Fsp3) is 0.125. The molecule has 1 N–H and O–H groups in total. The largest absolute Gasteiger partial charge is 0.507 e. The quantitative estimate of drug-likeness (QED) is 0.124. The minimum Gasteiger partial charge on any atom is -0.507 e. The molecule has 1 atom stereocenters. The molecule has 3 heterocycles. The summed E-state index contributed by atoms with van der Waals surface area (Å²) in [7, 11) is 0.